The highest BCUT2D eigenvalue weighted by molar-refractivity contribution is 5.66. The molecule has 3 heterocycles. The smallest absolute Gasteiger partial charge is 0.472 e. The summed E-state index contributed by atoms with van der Waals surface area (Å²) in [7, 11) is 0. The summed E-state index contributed by atoms with van der Waals surface area (Å²) in [6.07, 6.45) is 0.0150. The highest BCUT2D eigenvalue weighted by Crippen LogP contribution is 2.28. The van der Waals surface area contributed by atoms with Crippen molar-refractivity contribution in [2.24, 2.45) is 0 Å². The first kappa shape index (κ1) is 15.3. The predicted octanol–water partition coefficient (Wildman–Crippen LogP) is 4.55. The van der Waals surface area contributed by atoms with Gasteiger partial charge in [-0.1, -0.05) is 12.1 Å². The second kappa shape index (κ2) is 5.66. The van der Waals surface area contributed by atoms with Gasteiger partial charge in [-0.3, -0.25) is 0 Å². The molecule has 0 amide bonds. The van der Waals surface area contributed by atoms with Crippen molar-refractivity contribution < 1.29 is 22.3 Å². The molecule has 0 aliphatic rings. The van der Waals surface area contributed by atoms with E-state index >= 15 is 0 Å². The molecule has 5 nitrogen and oxygen atoms in total. The molecule has 0 spiro atoms. The molecular weight excluding hydrogens is 335 g/mol. The number of nitrogens with zero attached hydrogens (tertiary/aromatic N) is 3. The molecule has 0 fully saturated rings. The van der Waals surface area contributed by atoms with E-state index in [2.05, 4.69) is 14.8 Å². The van der Waals surface area contributed by atoms with Crippen LogP contribution in [-0.4, -0.2) is 21.0 Å². The molecule has 0 N–H and O–H groups in total. The minimum Gasteiger partial charge on any atom is -0.472 e. The lowest BCUT2D eigenvalue weighted by molar-refractivity contribution is -0.274. The van der Waals surface area contributed by atoms with Crippen molar-refractivity contribution in [1.82, 2.24) is 14.6 Å². The number of hydrogen-bond donors (Lipinski definition) is 0. The third kappa shape index (κ3) is 3.06. The quantitative estimate of drug-likeness (QED) is 0.546. The molecular formula is C17H10F3N3O2. The summed E-state index contributed by atoms with van der Waals surface area (Å²) in [6.45, 7) is 0. The summed E-state index contributed by atoms with van der Waals surface area (Å²) in [5, 5.41) is 4.47. The fourth-order valence-electron chi connectivity index (χ4n) is 2.49. The molecule has 0 atom stereocenters. The van der Waals surface area contributed by atoms with Gasteiger partial charge in [-0.05, 0) is 30.3 Å². The molecule has 0 radical (unpaired) electrons. The Morgan fingerprint density at radius 3 is 2.68 bits per heavy atom. The Morgan fingerprint density at radius 2 is 1.92 bits per heavy atom. The zero-order valence-electron chi connectivity index (χ0n) is 12.6. The summed E-state index contributed by atoms with van der Waals surface area (Å²) in [5.41, 5.74) is 3.11. The predicted molar refractivity (Wildman–Crippen MR) is 82.8 cm³/mol. The molecule has 1 aromatic carbocycles. The van der Waals surface area contributed by atoms with Crippen LogP contribution in [0.25, 0.3) is 28.2 Å². The molecule has 3 aromatic heterocycles. The maximum atomic E-state index is 12.4. The average Bonchev–Trinajstić information content (AvgIpc) is 3.22. The SMILES string of the molecule is FC(F)(F)Oc1cccc(-c2ccc3ncc(-c4ccoc4)n3n2)c1. The van der Waals surface area contributed by atoms with Gasteiger partial charge in [-0.2, -0.15) is 5.10 Å². The van der Waals surface area contributed by atoms with Gasteiger partial charge in [0.2, 0.25) is 0 Å². The van der Waals surface area contributed by atoms with Gasteiger partial charge in [0, 0.05) is 11.1 Å². The zero-order chi connectivity index (χ0) is 17.4. The molecule has 0 saturated heterocycles. The molecule has 126 valence electrons. The van der Waals surface area contributed by atoms with Crippen LogP contribution in [0.4, 0.5) is 13.2 Å². The Kier molecular flexibility index (Phi) is 3.45. The fourth-order valence-corrected chi connectivity index (χ4v) is 2.49. The van der Waals surface area contributed by atoms with Crippen LogP contribution in [0, 0.1) is 0 Å². The van der Waals surface area contributed by atoms with Crippen molar-refractivity contribution >= 4 is 5.65 Å². The molecule has 4 aromatic rings. The van der Waals surface area contributed by atoms with Gasteiger partial charge in [0.15, 0.2) is 5.65 Å². The third-order valence-electron chi connectivity index (χ3n) is 3.54. The van der Waals surface area contributed by atoms with Gasteiger partial charge in [0.1, 0.15) is 5.75 Å². The van der Waals surface area contributed by atoms with E-state index in [1.54, 1.807) is 41.2 Å². The number of halogens is 3. The molecule has 0 aliphatic carbocycles. The molecule has 0 saturated carbocycles. The normalized spacial score (nSPS) is 11.8. The highest BCUT2D eigenvalue weighted by atomic mass is 19.4. The Balaban J connectivity index is 1.77. The number of fused-ring (bicyclic) bond motifs is 1. The lowest BCUT2D eigenvalue weighted by Gasteiger charge is -2.10. The maximum absolute atomic E-state index is 12.4. The van der Waals surface area contributed by atoms with Crippen molar-refractivity contribution in [1.29, 1.82) is 0 Å². The second-order valence-corrected chi connectivity index (χ2v) is 5.22. The van der Waals surface area contributed by atoms with Crippen molar-refractivity contribution in [3.8, 4) is 28.3 Å². The van der Waals surface area contributed by atoms with Gasteiger partial charge in [-0.15, -0.1) is 13.2 Å². The maximum Gasteiger partial charge on any atom is 0.573 e. The van der Waals surface area contributed by atoms with Crippen molar-refractivity contribution in [3.63, 3.8) is 0 Å². The lowest BCUT2D eigenvalue weighted by atomic mass is 10.1. The summed E-state index contributed by atoms with van der Waals surface area (Å²) in [6, 6.07) is 10.9. The Labute approximate surface area is 139 Å². The number of furan rings is 1. The Bertz CT molecular complexity index is 1020. The summed E-state index contributed by atoms with van der Waals surface area (Å²) in [4.78, 5) is 4.26. The van der Waals surface area contributed by atoms with E-state index in [0.717, 1.165) is 5.56 Å². The van der Waals surface area contributed by atoms with E-state index in [9.17, 15) is 13.2 Å². The largest absolute Gasteiger partial charge is 0.573 e. The van der Waals surface area contributed by atoms with E-state index in [-0.39, 0.29) is 5.75 Å². The van der Waals surface area contributed by atoms with Crippen molar-refractivity contribution in [2.45, 2.75) is 6.36 Å². The van der Waals surface area contributed by atoms with Crippen molar-refractivity contribution in [3.05, 3.63) is 61.2 Å². The van der Waals surface area contributed by atoms with Crippen LogP contribution in [0.2, 0.25) is 0 Å². The fraction of sp³-hybridized carbons (Fsp3) is 0.0588. The van der Waals surface area contributed by atoms with Gasteiger partial charge >= 0.3 is 6.36 Å². The first-order valence-corrected chi connectivity index (χ1v) is 7.23. The first-order valence-electron chi connectivity index (χ1n) is 7.23. The van der Waals surface area contributed by atoms with Gasteiger partial charge in [0.05, 0.1) is 30.1 Å². The number of aromatic nitrogens is 3. The minimum absolute atomic E-state index is 0.299. The minimum atomic E-state index is -4.74. The van der Waals surface area contributed by atoms with Crippen LogP contribution in [-0.2, 0) is 0 Å². The standard InChI is InChI=1S/C17H10F3N3O2/c18-17(19,20)25-13-3-1-2-11(8-13)14-4-5-16-21-9-15(23(16)22-14)12-6-7-24-10-12/h1-10H. The molecule has 4 rings (SSSR count). The van der Waals surface area contributed by atoms with E-state index < -0.39 is 6.36 Å². The highest BCUT2D eigenvalue weighted by Gasteiger charge is 2.31. The molecule has 25 heavy (non-hydrogen) atoms. The summed E-state index contributed by atoms with van der Waals surface area (Å²) in [5.74, 6) is -0.299. The van der Waals surface area contributed by atoms with Crippen LogP contribution >= 0.6 is 0 Å². The van der Waals surface area contributed by atoms with E-state index in [4.69, 9.17) is 4.42 Å². The van der Waals surface area contributed by atoms with Crippen molar-refractivity contribution in [2.75, 3.05) is 0 Å². The number of imidazole rings is 1. The number of hydrogen-bond acceptors (Lipinski definition) is 4. The van der Waals surface area contributed by atoms with Crippen LogP contribution in [0.15, 0.2) is 65.6 Å². The van der Waals surface area contributed by atoms with E-state index in [1.807, 2.05) is 0 Å². The molecule has 8 heteroatoms. The average molecular weight is 345 g/mol. The summed E-state index contributed by atoms with van der Waals surface area (Å²) >= 11 is 0. The lowest BCUT2D eigenvalue weighted by Crippen LogP contribution is -2.17. The Morgan fingerprint density at radius 1 is 1.04 bits per heavy atom. The number of alkyl halides is 3. The van der Waals surface area contributed by atoms with Gasteiger partial charge < -0.3 is 9.15 Å². The van der Waals surface area contributed by atoms with Gasteiger partial charge in [0.25, 0.3) is 0 Å². The number of rotatable bonds is 3. The zero-order valence-corrected chi connectivity index (χ0v) is 12.6. The van der Waals surface area contributed by atoms with Crippen LogP contribution in [0.5, 0.6) is 5.75 Å². The van der Waals surface area contributed by atoms with Crippen LogP contribution in [0.3, 0.4) is 0 Å². The third-order valence-corrected chi connectivity index (χ3v) is 3.54. The first-order chi connectivity index (χ1) is 12.0. The van der Waals surface area contributed by atoms with E-state index in [0.29, 0.717) is 22.6 Å². The molecule has 0 bridgehead atoms. The monoisotopic (exact) mass is 345 g/mol. The second-order valence-electron chi connectivity index (χ2n) is 5.22. The summed E-state index contributed by atoms with van der Waals surface area (Å²) < 4.78 is 47.8. The van der Waals surface area contributed by atoms with Crippen LogP contribution in [0.1, 0.15) is 0 Å². The molecule has 0 aliphatic heterocycles. The number of ether oxygens (including phenoxy) is 1. The topological polar surface area (TPSA) is 52.6 Å². The number of benzene rings is 1. The van der Waals surface area contributed by atoms with E-state index in [1.165, 1.54) is 24.5 Å². The van der Waals surface area contributed by atoms with Gasteiger partial charge in [-0.25, -0.2) is 9.50 Å². The molecule has 0 unspecified atom stereocenters. The van der Waals surface area contributed by atoms with Crippen LogP contribution < -0.4 is 4.74 Å². The Hall–Kier alpha value is -3.29.